The van der Waals surface area contributed by atoms with Crippen LogP contribution in [0.3, 0.4) is 0 Å². The number of aryl methyl sites for hydroxylation is 1. The molecule has 1 atom stereocenters. The van der Waals surface area contributed by atoms with E-state index in [1.165, 1.54) is 0 Å². The molecule has 0 amide bonds. The second-order valence-electron chi connectivity index (χ2n) is 4.41. The van der Waals surface area contributed by atoms with E-state index in [-0.39, 0.29) is 0 Å². The van der Waals surface area contributed by atoms with Gasteiger partial charge in [0.2, 0.25) is 0 Å². The molecule has 19 heavy (non-hydrogen) atoms. The fraction of sp³-hybridized carbons (Fsp3) is 0.357. The van der Waals surface area contributed by atoms with Gasteiger partial charge in [0.1, 0.15) is 6.10 Å². The Morgan fingerprint density at radius 2 is 2.00 bits per heavy atom. The zero-order chi connectivity index (χ0) is 13.8. The van der Waals surface area contributed by atoms with Crippen molar-refractivity contribution in [1.29, 1.82) is 0 Å². The lowest BCUT2D eigenvalue weighted by Gasteiger charge is -2.15. The van der Waals surface area contributed by atoms with Crippen LogP contribution in [0.15, 0.2) is 39.4 Å². The van der Waals surface area contributed by atoms with E-state index in [4.69, 9.17) is 0 Å². The number of hydrogen-bond acceptors (Lipinski definition) is 2. The Morgan fingerprint density at radius 3 is 2.68 bits per heavy atom. The molecule has 0 spiro atoms. The van der Waals surface area contributed by atoms with Crippen molar-refractivity contribution in [1.82, 2.24) is 9.78 Å². The van der Waals surface area contributed by atoms with Gasteiger partial charge in [0.15, 0.2) is 0 Å². The molecule has 102 valence electrons. The summed E-state index contributed by atoms with van der Waals surface area (Å²) in [6, 6.07) is 7.95. The van der Waals surface area contributed by atoms with Crippen molar-refractivity contribution in [3.8, 4) is 0 Å². The minimum Gasteiger partial charge on any atom is -0.386 e. The zero-order valence-electron chi connectivity index (χ0n) is 10.7. The average molecular weight is 388 g/mol. The van der Waals surface area contributed by atoms with Gasteiger partial charge in [-0.05, 0) is 34.0 Å². The van der Waals surface area contributed by atoms with Crippen molar-refractivity contribution < 1.29 is 5.11 Å². The Labute approximate surface area is 129 Å². The summed E-state index contributed by atoms with van der Waals surface area (Å²) in [6.45, 7) is 2.91. The summed E-state index contributed by atoms with van der Waals surface area (Å²) in [7, 11) is 0. The second kappa shape index (κ2) is 6.68. The number of aliphatic hydroxyl groups is 1. The topological polar surface area (TPSA) is 38.0 Å². The van der Waals surface area contributed by atoms with Crippen LogP contribution in [0, 0.1) is 0 Å². The number of benzene rings is 1. The van der Waals surface area contributed by atoms with E-state index < -0.39 is 6.10 Å². The van der Waals surface area contributed by atoms with Gasteiger partial charge in [-0.1, -0.05) is 41.1 Å². The number of rotatable bonds is 5. The molecular formula is C14H16Br2N2O. The van der Waals surface area contributed by atoms with Crippen LogP contribution in [-0.2, 0) is 13.0 Å². The van der Waals surface area contributed by atoms with Crippen molar-refractivity contribution in [3.05, 3.63) is 50.7 Å². The number of hydrogen-bond donors (Lipinski definition) is 1. The fourth-order valence-corrected chi connectivity index (χ4v) is 3.07. The highest BCUT2D eigenvalue weighted by Crippen LogP contribution is 2.28. The van der Waals surface area contributed by atoms with Crippen LogP contribution < -0.4 is 0 Å². The SMILES string of the molecule is CCCn1ncc(Br)c1C(O)Cc1ccccc1Br. The Bertz CT molecular complexity index is 554. The Kier molecular flexibility index (Phi) is 5.19. The van der Waals surface area contributed by atoms with Gasteiger partial charge in [-0.25, -0.2) is 0 Å². The first-order valence-corrected chi connectivity index (χ1v) is 7.84. The lowest BCUT2D eigenvalue weighted by atomic mass is 10.1. The molecule has 0 saturated carbocycles. The Balaban J connectivity index is 2.22. The van der Waals surface area contributed by atoms with Crippen LogP contribution in [0.5, 0.6) is 0 Å². The summed E-state index contributed by atoms with van der Waals surface area (Å²) < 4.78 is 3.75. The van der Waals surface area contributed by atoms with Crippen LogP contribution in [-0.4, -0.2) is 14.9 Å². The maximum Gasteiger partial charge on any atom is 0.101 e. The summed E-state index contributed by atoms with van der Waals surface area (Å²) in [5, 5.41) is 14.8. The molecule has 0 aliphatic heterocycles. The quantitative estimate of drug-likeness (QED) is 0.838. The van der Waals surface area contributed by atoms with E-state index in [9.17, 15) is 5.11 Å². The molecule has 0 fully saturated rings. The lowest BCUT2D eigenvalue weighted by molar-refractivity contribution is 0.165. The molecule has 0 saturated heterocycles. The van der Waals surface area contributed by atoms with Gasteiger partial charge >= 0.3 is 0 Å². The Morgan fingerprint density at radius 1 is 1.26 bits per heavy atom. The average Bonchev–Trinajstić information content (AvgIpc) is 2.74. The minimum absolute atomic E-state index is 0.565. The van der Waals surface area contributed by atoms with Gasteiger partial charge in [-0.15, -0.1) is 0 Å². The summed E-state index contributed by atoms with van der Waals surface area (Å²) in [6.07, 6.45) is 2.73. The zero-order valence-corrected chi connectivity index (χ0v) is 13.9. The first kappa shape index (κ1) is 14.8. The van der Waals surface area contributed by atoms with Crippen molar-refractivity contribution in [2.45, 2.75) is 32.4 Å². The van der Waals surface area contributed by atoms with Crippen LogP contribution in [0.25, 0.3) is 0 Å². The van der Waals surface area contributed by atoms with Gasteiger partial charge < -0.3 is 5.11 Å². The largest absolute Gasteiger partial charge is 0.386 e. The van der Waals surface area contributed by atoms with E-state index in [1.54, 1.807) is 6.20 Å². The highest BCUT2D eigenvalue weighted by atomic mass is 79.9. The van der Waals surface area contributed by atoms with Crippen molar-refractivity contribution in [3.63, 3.8) is 0 Å². The lowest BCUT2D eigenvalue weighted by Crippen LogP contribution is -2.11. The summed E-state index contributed by atoms with van der Waals surface area (Å²) in [4.78, 5) is 0. The van der Waals surface area contributed by atoms with Gasteiger partial charge in [-0.3, -0.25) is 4.68 Å². The van der Waals surface area contributed by atoms with Crippen molar-refractivity contribution >= 4 is 31.9 Å². The first-order chi connectivity index (χ1) is 9.13. The predicted octanol–water partition coefficient (Wildman–Crippen LogP) is 4.09. The predicted molar refractivity (Wildman–Crippen MR) is 83.0 cm³/mol. The summed E-state index contributed by atoms with van der Waals surface area (Å²) in [5.74, 6) is 0. The third-order valence-electron chi connectivity index (χ3n) is 2.96. The molecule has 5 heteroatoms. The van der Waals surface area contributed by atoms with Crippen LogP contribution >= 0.6 is 31.9 Å². The monoisotopic (exact) mass is 386 g/mol. The maximum atomic E-state index is 10.5. The fourth-order valence-electron chi connectivity index (χ4n) is 2.06. The number of halogens is 2. The normalized spacial score (nSPS) is 12.6. The molecule has 1 unspecified atom stereocenters. The number of aliphatic hydroxyl groups excluding tert-OH is 1. The highest BCUT2D eigenvalue weighted by molar-refractivity contribution is 9.10. The third-order valence-corrected chi connectivity index (χ3v) is 4.34. The molecule has 0 aliphatic carbocycles. The molecule has 0 radical (unpaired) electrons. The van der Waals surface area contributed by atoms with Crippen molar-refractivity contribution in [2.75, 3.05) is 0 Å². The number of nitrogens with zero attached hydrogens (tertiary/aromatic N) is 2. The molecule has 1 aromatic heterocycles. The van der Waals surface area contributed by atoms with E-state index in [0.29, 0.717) is 6.42 Å². The van der Waals surface area contributed by atoms with Gasteiger partial charge in [-0.2, -0.15) is 5.10 Å². The van der Waals surface area contributed by atoms with E-state index in [1.807, 2.05) is 28.9 Å². The van der Waals surface area contributed by atoms with E-state index in [2.05, 4.69) is 43.9 Å². The second-order valence-corrected chi connectivity index (χ2v) is 6.12. The van der Waals surface area contributed by atoms with E-state index >= 15 is 0 Å². The molecule has 1 aromatic carbocycles. The van der Waals surface area contributed by atoms with Gasteiger partial charge in [0, 0.05) is 17.4 Å². The Hall–Kier alpha value is -0.650. The third kappa shape index (κ3) is 3.46. The standard InChI is InChI=1S/C14H16Br2N2O/c1-2-7-18-14(12(16)9-17-18)13(19)8-10-5-3-4-6-11(10)15/h3-6,9,13,19H,2,7-8H2,1H3. The van der Waals surface area contributed by atoms with Crippen LogP contribution in [0.4, 0.5) is 0 Å². The summed E-state index contributed by atoms with van der Waals surface area (Å²) in [5.41, 5.74) is 1.93. The molecular weight excluding hydrogens is 372 g/mol. The van der Waals surface area contributed by atoms with E-state index in [0.717, 1.165) is 33.2 Å². The number of aromatic nitrogens is 2. The molecule has 3 nitrogen and oxygen atoms in total. The molecule has 0 bridgehead atoms. The molecule has 2 rings (SSSR count). The van der Waals surface area contributed by atoms with Crippen LogP contribution in [0.1, 0.15) is 30.7 Å². The molecule has 1 heterocycles. The van der Waals surface area contributed by atoms with Crippen molar-refractivity contribution in [2.24, 2.45) is 0 Å². The van der Waals surface area contributed by atoms with Gasteiger partial charge in [0.05, 0.1) is 16.4 Å². The first-order valence-electron chi connectivity index (χ1n) is 6.26. The summed E-state index contributed by atoms with van der Waals surface area (Å²) >= 11 is 6.98. The van der Waals surface area contributed by atoms with Gasteiger partial charge in [0.25, 0.3) is 0 Å². The van der Waals surface area contributed by atoms with Crippen LogP contribution in [0.2, 0.25) is 0 Å². The molecule has 2 aromatic rings. The highest BCUT2D eigenvalue weighted by Gasteiger charge is 2.18. The molecule has 1 N–H and O–H groups in total. The smallest absolute Gasteiger partial charge is 0.101 e. The maximum absolute atomic E-state index is 10.5. The minimum atomic E-state index is -0.567. The molecule has 0 aliphatic rings.